The van der Waals surface area contributed by atoms with Crippen molar-refractivity contribution in [2.75, 3.05) is 32.2 Å². The van der Waals surface area contributed by atoms with E-state index >= 15 is 0 Å². The van der Waals surface area contributed by atoms with Crippen LogP contribution in [0.4, 0.5) is 15.3 Å². The van der Waals surface area contributed by atoms with Gasteiger partial charge in [-0.05, 0) is 94.3 Å². The molecule has 2 N–H and O–H groups in total. The number of barbiturate groups is 1. The Morgan fingerprint density at radius 1 is 0.650 bits per heavy atom. The van der Waals surface area contributed by atoms with Gasteiger partial charge < -0.3 is 29.1 Å². The number of carbonyl (C=O) groups excluding carboxylic acids is 8. The van der Waals surface area contributed by atoms with Crippen molar-refractivity contribution in [1.29, 1.82) is 0 Å². The Bertz CT molecular complexity index is 3150. The van der Waals surface area contributed by atoms with Crippen LogP contribution in [0.3, 0.4) is 0 Å². The van der Waals surface area contributed by atoms with Gasteiger partial charge >= 0.3 is 29.7 Å². The van der Waals surface area contributed by atoms with Gasteiger partial charge in [0.2, 0.25) is 5.91 Å². The average Bonchev–Trinajstić information content (AvgIpc) is 0.799. The lowest BCUT2D eigenvalue weighted by atomic mass is 10.1. The van der Waals surface area contributed by atoms with E-state index < -0.39 is 76.5 Å². The highest BCUT2D eigenvalue weighted by Crippen LogP contribution is 2.32. The summed E-state index contributed by atoms with van der Waals surface area (Å²) in [5.41, 5.74) is 5.65. The van der Waals surface area contributed by atoms with E-state index in [0.29, 0.717) is 34.2 Å². The van der Waals surface area contributed by atoms with Gasteiger partial charge in [0, 0.05) is 37.3 Å². The molecule has 0 spiro atoms. The molecule has 2 atom stereocenters. The molecule has 0 saturated carbocycles. The SMILES string of the molecule is C=CCC.C=CN(C)C(=O)Oc1ccc2c(O)c(Cl)c(=O)oc2c1.CC(=O)C(Cl)C(=O)Nc1cc(C)ccc1C.CCCCCCCC.CCCCCCCCCCCCOC(=O)CN1C(=O)C(Cl)C(=O)N(COC(=O)CCCCCCCCCCCC)C1=O.Cc1ccc(C)c(CCl)c1. The molecular formula is C78H116Cl4N4O14. The fraction of sp³-hybridized carbons (Fsp3) is 0.577. The summed E-state index contributed by atoms with van der Waals surface area (Å²) in [6.45, 7) is 26.0. The number of hydrogen-bond acceptors (Lipinski definition) is 14. The third kappa shape index (κ3) is 40.1. The van der Waals surface area contributed by atoms with E-state index in [1.165, 1.54) is 171 Å². The second kappa shape index (κ2) is 56.9. The standard InChI is InChI=1S/C32H55ClN2O7.C13H10ClNO5.C12H14ClNO2.C9H11Cl.C8H18.C4H8/c1-3-5-7-9-11-13-15-17-19-21-23-27(36)42-26-35-31(39)29(33)30(38)34(32(35)40)25-28(37)41-24-22-20-18-16-14-12-10-8-6-4-2;1-3-15(2)13(18)19-7-4-5-8-9(6-7)20-12(17)10(14)11(8)16;1-7-4-5-8(2)10(6-7)14-12(16)11(13)9(3)15;1-7-3-4-8(2)9(5-7)6-10;1-3-5-7-8-6-4-2;1-3-4-2/h29H,3-26H2,1-2H3;3-6,16H,1H2,2H3;4-6,11H,1-3H3,(H,14,16);3-5H,6H2,1-2H3;3-8H2,1-2H3;3H,1,4H2,2H3. The fourth-order valence-electron chi connectivity index (χ4n) is 9.40. The molecule has 1 aliphatic heterocycles. The maximum Gasteiger partial charge on any atom is 0.418 e. The molecule has 560 valence electrons. The number of nitrogens with zero attached hydrogens (tertiary/aromatic N) is 3. The fourth-order valence-corrected chi connectivity index (χ4v) is 10.1. The lowest BCUT2D eigenvalue weighted by Gasteiger charge is -2.33. The number of alkyl halides is 3. The lowest BCUT2D eigenvalue weighted by Crippen LogP contribution is -2.62. The van der Waals surface area contributed by atoms with E-state index in [1.807, 2.05) is 38.1 Å². The number of benzene rings is 3. The first-order valence-electron chi connectivity index (χ1n) is 35.7. The summed E-state index contributed by atoms with van der Waals surface area (Å²) in [6, 6.07) is 15.2. The summed E-state index contributed by atoms with van der Waals surface area (Å²) in [6.07, 6.45) is 35.0. The minimum atomic E-state index is -1.68. The van der Waals surface area contributed by atoms with Crippen molar-refractivity contribution in [1.82, 2.24) is 14.7 Å². The quantitative estimate of drug-likeness (QED) is 0.0106. The number of rotatable bonds is 38. The van der Waals surface area contributed by atoms with Crippen LogP contribution in [0, 0.1) is 27.7 Å². The molecule has 22 heteroatoms. The highest BCUT2D eigenvalue weighted by Gasteiger charge is 2.46. The van der Waals surface area contributed by atoms with Crippen molar-refractivity contribution in [2.24, 2.45) is 0 Å². The van der Waals surface area contributed by atoms with Gasteiger partial charge in [0.05, 0.1) is 12.0 Å². The second-order valence-electron chi connectivity index (χ2n) is 24.6. The predicted molar refractivity (Wildman–Crippen MR) is 407 cm³/mol. The summed E-state index contributed by atoms with van der Waals surface area (Å²) in [5.74, 6) is -3.71. The summed E-state index contributed by atoms with van der Waals surface area (Å²) < 4.78 is 20.2. The Labute approximate surface area is 616 Å². The van der Waals surface area contributed by atoms with Gasteiger partial charge in [0.15, 0.2) is 34.0 Å². The second-order valence-corrected chi connectivity index (χ2v) is 26.2. The number of imide groups is 2. The van der Waals surface area contributed by atoms with Crippen LogP contribution in [0.2, 0.25) is 5.02 Å². The first-order valence-corrected chi connectivity index (χ1v) is 37.4. The molecular weight excluding hydrogens is 1360 g/mol. The number of ether oxygens (including phenoxy) is 3. The van der Waals surface area contributed by atoms with Crippen LogP contribution in [0.1, 0.15) is 249 Å². The van der Waals surface area contributed by atoms with Crippen molar-refractivity contribution >= 4 is 111 Å². The minimum absolute atomic E-state index is 0.0588. The molecule has 5 rings (SSSR count). The molecule has 0 aliphatic carbocycles. The zero-order chi connectivity index (χ0) is 75.4. The number of Topliss-reactive ketones (excluding diaryl/α,β-unsaturated/α-hetero) is 1. The van der Waals surface area contributed by atoms with Gasteiger partial charge in [0.25, 0.3) is 11.8 Å². The summed E-state index contributed by atoms with van der Waals surface area (Å²) in [5, 5.41) is 9.40. The predicted octanol–water partition coefficient (Wildman–Crippen LogP) is 20.8. The van der Waals surface area contributed by atoms with Gasteiger partial charge in [-0.25, -0.2) is 19.3 Å². The number of ketones is 1. The largest absolute Gasteiger partial charge is 0.505 e. The molecule has 2 heterocycles. The number of fused-ring (bicyclic) bond motifs is 1. The number of urea groups is 1. The topological polar surface area (TPSA) is 236 Å². The van der Waals surface area contributed by atoms with Crippen LogP contribution >= 0.6 is 46.4 Å². The van der Waals surface area contributed by atoms with Crippen molar-refractivity contribution < 1.29 is 62.1 Å². The van der Waals surface area contributed by atoms with Crippen LogP contribution in [-0.4, -0.2) is 105 Å². The number of aryl methyl sites for hydroxylation is 4. The number of halogens is 4. The molecule has 0 bridgehead atoms. The van der Waals surface area contributed by atoms with E-state index in [2.05, 4.69) is 85.1 Å². The average molecular weight is 1480 g/mol. The molecule has 1 aliphatic rings. The van der Waals surface area contributed by atoms with Crippen LogP contribution in [0.5, 0.6) is 11.5 Å². The molecule has 100 heavy (non-hydrogen) atoms. The third-order valence-electron chi connectivity index (χ3n) is 15.8. The molecule has 2 unspecified atom stereocenters. The summed E-state index contributed by atoms with van der Waals surface area (Å²) in [4.78, 5) is 110. The number of aromatic hydroxyl groups is 1. The maximum atomic E-state index is 12.8. The molecule has 1 saturated heterocycles. The van der Waals surface area contributed by atoms with Gasteiger partial charge in [-0.1, -0.05) is 249 Å². The molecule has 1 fully saturated rings. The molecule has 4 aromatic rings. The Morgan fingerprint density at radius 3 is 1.59 bits per heavy atom. The van der Waals surface area contributed by atoms with Crippen LogP contribution in [0.15, 0.2) is 89.2 Å². The Kier molecular flexibility index (Phi) is 53.0. The lowest BCUT2D eigenvalue weighted by molar-refractivity contribution is -0.157. The van der Waals surface area contributed by atoms with E-state index in [4.69, 9.17) is 65.0 Å². The highest BCUT2D eigenvalue weighted by molar-refractivity contribution is 6.45. The van der Waals surface area contributed by atoms with E-state index in [9.17, 15) is 48.3 Å². The molecule has 18 nitrogen and oxygen atoms in total. The number of unbranched alkanes of at least 4 members (excludes halogenated alkanes) is 23. The Morgan fingerprint density at radius 2 is 1.12 bits per heavy atom. The van der Waals surface area contributed by atoms with E-state index in [0.717, 1.165) is 61.0 Å². The van der Waals surface area contributed by atoms with E-state index in [1.54, 1.807) is 0 Å². The zero-order valence-electron chi connectivity index (χ0n) is 61.7. The van der Waals surface area contributed by atoms with Crippen LogP contribution in [-0.2, 0) is 44.1 Å². The van der Waals surface area contributed by atoms with Crippen molar-refractivity contribution in [3.63, 3.8) is 0 Å². The number of esters is 2. The Hall–Kier alpha value is -6.73. The van der Waals surface area contributed by atoms with Gasteiger partial charge in [-0.15, -0.1) is 41.4 Å². The summed E-state index contributed by atoms with van der Waals surface area (Å²) in [7, 11) is 1.47. The van der Waals surface area contributed by atoms with Crippen molar-refractivity contribution in [2.45, 2.75) is 266 Å². The number of amides is 6. The number of carbonyl (C=O) groups is 8. The molecule has 3 aromatic carbocycles. The monoisotopic (exact) mass is 1470 g/mol. The van der Waals surface area contributed by atoms with Crippen LogP contribution < -0.4 is 15.7 Å². The van der Waals surface area contributed by atoms with Gasteiger partial charge in [-0.3, -0.25) is 38.6 Å². The van der Waals surface area contributed by atoms with Crippen LogP contribution in [0.25, 0.3) is 11.0 Å². The third-order valence-corrected chi connectivity index (χ3v) is 17.3. The maximum absolute atomic E-state index is 12.8. The normalized spacial score (nSPS) is 12.5. The number of anilines is 1. The number of hydrogen-bond donors (Lipinski definition) is 2. The molecule has 6 amide bonds. The van der Waals surface area contributed by atoms with Gasteiger partial charge in [-0.2, -0.15) is 0 Å². The van der Waals surface area contributed by atoms with Crippen molar-refractivity contribution in [3.05, 3.63) is 123 Å². The first-order chi connectivity index (χ1) is 47.7. The molecule has 1 aromatic heterocycles. The minimum Gasteiger partial charge on any atom is -0.505 e. The number of allylic oxidation sites excluding steroid dienone is 1. The molecule has 0 radical (unpaired) electrons. The highest BCUT2D eigenvalue weighted by atomic mass is 35.5. The van der Waals surface area contributed by atoms with Crippen molar-refractivity contribution in [3.8, 4) is 11.5 Å². The summed E-state index contributed by atoms with van der Waals surface area (Å²) >= 11 is 22.9. The van der Waals surface area contributed by atoms with E-state index in [-0.39, 0.29) is 41.3 Å². The number of nitrogens with one attached hydrogen (secondary N) is 1. The van der Waals surface area contributed by atoms with Gasteiger partial charge in [0.1, 0.15) is 17.9 Å². The Balaban J connectivity index is 0.00000138. The first kappa shape index (κ1) is 93.3. The zero-order valence-corrected chi connectivity index (χ0v) is 64.7. The smallest absolute Gasteiger partial charge is 0.418 e.